The Morgan fingerprint density at radius 2 is 1.86 bits per heavy atom. The van der Waals surface area contributed by atoms with Crippen molar-refractivity contribution in [3.05, 3.63) is 35.4 Å². The van der Waals surface area contributed by atoms with Gasteiger partial charge in [-0.05, 0) is 29.4 Å². The predicted octanol–water partition coefficient (Wildman–Crippen LogP) is 2.02. The van der Waals surface area contributed by atoms with Crippen LogP contribution >= 0.6 is 0 Å². The molecule has 1 unspecified atom stereocenters. The molecule has 14 heavy (non-hydrogen) atoms. The second kappa shape index (κ2) is 4.65. The van der Waals surface area contributed by atoms with E-state index in [1.807, 2.05) is 13.0 Å². The van der Waals surface area contributed by atoms with Crippen LogP contribution in [0, 0.1) is 0 Å². The highest BCUT2D eigenvalue weighted by atomic mass is 14.7. The molecule has 74 valence electrons. The molecule has 0 amide bonds. The summed E-state index contributed by atoms with van der Waals surface area (Å²) in [4.78, 5) is 0. The molecule has 1 aromatic carbocycles. The summed E-state index contributed by atoms with van der Waals surface area (Å²) in [7, 11) is 5.81. The molecular formula is C12H18BN. The van der Waals surface area contributed by atoms with E-state index in [0.717, 1.165) is 19.3 Å². The Hall–Kier alpha value is -0.755. The number of benzene rings is 1. The van der Waals surface area contributed by atoms with E-state index in [2.05, 4.69) is 25.1 Å². The van der Waals surface area contributed by atoms with Crippen LogP contribution in [-0.4, -0.2) is 13.3 Å². The van der Waals surface area contributed by atoms with E-state index in [1.165, 1.54) is 11.1 Å². The molecule has 0 saturated heterocycles. The third kappa shape index (κ3) is 3.55. The number of hydrogen-bond donors (Lipinski definition) is 1. The lowest BCUT2D eigenvalue weighted by Crippen LogP contribution is -2.39. The normalized spacial score (nSPS) is 15.1. The van der Waals surface area contributed by atoms with Gasteiger partial charge in [-0.15, -0.1) is 0 Å². The van der Waals surface area contributed by atoms with Crippen LogP contribution in [0.25, 0.3) is 0 Å². The van der Waals surface area contributed by atoms with Crippen molar-refractivity contribution in [1.82, 2.24) is 0 Å². The topological polar surface area (TPSA) is 26.0 Å². The second-order valence-electron chi connectivity index (χ2n) is 4.20. The average Bonchev–Trinajstić information content (AvgIpc) is 2.06. The standard InChI is InChI=1S/C12H18BN/c1-3-6-10-7-4-5-8-11(10)9-12(2,13)14/h4-5,7-8H,3,6,9,14H2,1-2H3. The molecule has 0 spiro atoms. The van der Waals surface area contributed by atoms with Crippen molar-refractivity contribution in [3.8, 4) is 0 Å². The zero-order valence-corrected chi connectivity index (χ0v) is 9.09. The first-order valence-electron chi connectivity index (χ1n) is 5.17. The summed E-state index contributed by atoms with van der Waals surface area (Å²) in [5.41, 5.74) is 7.85. The van der Waals surface area contributed by atoms with Crippen LogP contribution < -0.4 is 5.73 Å². The number of nitrogens with two attached hydrogens (primary N) is 1. The highest BCUT2D eigenvalue weighted by molar-refractivity contribution is 6.14. The zero-order chi connectivity index (χ0) is 10.6. The molecule has 0 aromatic heterocycles. The Morgan fingerprint density at radius 3 is 2.36 bits per heavy atom. The Morgan fingerprint density at radius 1 is 1.29 bits per heavy atom. The smallest absolute Gasteiger partial charge is 0.0951 e. The van der Waals surface area contributed by atoms with Gasteiger partial charge in [-0.25, -0.2) is 0 Å². The summed E-state index contributed by atoms with van der Waals surface area (Å²) in [6.07, 6.45) is 3.00. The van der Waals surface area contributed by atoms with Gasteiger partial charge in [0.05, 0.1) is 7.85 Å². The van der Waals surface area contributed by atoms with E-state index in [-0.39, 0.29) is 0 Å². The molecule has 2 radical (unpaired) electrons. The first kappa shape index (κ1) is 11.3. The Kier molecular flexibility index (Phi) is 3.76. The highest BCUT2D eigenvalue weighted by Crippen LogP contribution is 2.15. The van der Waals surface area contributed by atoms with Crippen LogP contribution in [0.5, 0.6) is 0 Å². The van der Waals surface area contributed by atoms with E-state index in [1.54, 1.807) is 0 Å². The third-order valence-corrected chi connectivity index (χ3v) is 2.21. The molecule has 1 nitrogen and oxygen atoms in total. The minimum atomic E-state index is -0.607. The van der Waals surface area contributed by atoms with Crippen molar-refractivity contribution in [1.29, 1.82) is 0 Å². The molecular weight excluding hydrogens is 169 g/mol. The predicted molar refractivity (Wildman–Crippen MR) is 62.5 cm³/mol. The van der Waals surface area contributed by atoms with E-state index in [4.69, 9.17) is 13.6 Å². The quantitative estimate of drug-likeness (QED) is 0.717. The fourth-order valence-electron chi connectivity index (χ4n) is 1.65. The molecule has 1 atom stereocenters. The summed E-state index contributed by atoms with van der Waals surface area (Å²) < 4.78 is 0. The summed E-state index contributed by atoms with van der Waals surface area (Å²) in [5, 5.41) is 0. The van der Waals surface area contributed by atoms with Crippen LogP contribution in [-0.2, 0) is 12.8 Å². The molecule has 0 heterocycles. The lowest BCUT2D eigenvalue weighted by atomic mass is 9.75. The SMILES string of the molecule is [B]C(C)(N)Cc1ccccc1CCC. The van der Waals surface area contributed by atoms with Gasteiger partial charge in [0.2, 0.25) is 0 Å². The Labute approximate surface area is 88.1 Å². The van der Waals surface area contributed by atoms with Crippen LogP contribution in [0.15, 0.2) is 24.3 Å². The summed E-state index contributed by atoms with van der Waals surface area (Å²) in [6, 6.07) is 8.38. The van der Waals surface area contributed by atoms with Gasteiger partial charge in [-0.2, -0.15) is 0 Å². The summed E-state index contributed by atoms with van der Waals surface area (Å²) >= 11 is 0. The second-order valence-corrected chi connectivity index (χ2v) is 4.20. The summed E-state index contributed by atoms with van der Waals surface area (Å²) in [5.74, 6) is 0. The Bertz CT molecular complexity index is 289. The molecule has 1 aromatic rings. The fraction of sp³-hybridized carbons (Fsp3) is 0.500. The lowest BCUT2D eigenvalue weighted by Gasteiger charge is -2.21. The van der Waals surface area contributed by atoms with E-state index < -0.39 is 5.44 Å². The van der Waals surface area contributed by atoms with E-state index in [9.17, 15) is 0 Å². The van der Waals surface area contributed by atoms with Crippen molar-refractivity contribution in [2.24, 2.45) is 5.73 Å². The van der Waals surface area contributed by atoms with Gasteiger partial charge in [-0.3, -0.25) is 0 Å². The summed E-state index contributed by atoms with van der Waals surface area (Å²) in [6.45, 7) is 4.04. The molecule has 0 saturated carbocycles. The fourth-order valence-corrected chi connectivity index (χ4v) is 1.65. The molecule has 1 rings (SSSR count). The average molecular weight is 187 g/mol. The first-order valence-corrected chi connectivity index (χ1v) is 5.17. The minimum Gasteiger partial charge on any atom is -0.333 e. The molecule has 0 aliphatic heterocycles. The van der Waals surface area contributed by atoms with Crippen LogP contribution in [0.2, 0.25) is 0 Å². The van der Waals surface area contributed by atoms with Crippen molar-refractivity contribution in [2.75, 3.05) is 0 Å². The zero-order valence-electron chi connectivity index (χ0n) is 9.09. The van der Waals surface area contributed by atoms with Crippen molar-refractivity contribution in [2.45, 2.75) is 38.5 Å². The number of hydrogen-bond acceptors (Lipinski definition) is 1. The van der Waals surface area contributed by atoms with Crippen LogP contribution in [0.3, 0.4) is 0 Å². The van der Waals surface area contributed by atoms with Gasteiger partial charge >= 0.3 is 0 Å². The lowest BCUT2D eigenvalue weighted by molar-refractivity contribution is 0.651. The molecule has 0 bridgehead atoms. The Balaban J connectivity index is 2.84. The van der Waals surface area contributed by atoms with E-state index >= 15 is 0 Å². The maximum Gasteiger partial charge on any atom is 0.0951 e. The number of rotatable bonds is 4. The van der Waals surface area contributed by atoms with Gasteiger partial charge < -0.3 is 5.73 Å². The molecule has 0 aliphatic carbocycles. The van der Waals surface area contributed by atoms with Gasteiger partial charge in [0.15, 0.2) is 0 Å². The highest BCUT2D eigenvalue weighted by Gasteiger charge is 2.12. The van der Waals surface area contributed by atoms with Crippen molar-refractivity contribution >= 4 is 7.85 Å². The van der Waals surface area contributed by atoms with Gasteiger partial charge in [0.25, 0.3) is 0 Å². The van der Waals surface area contributed by atoms with Crippen molar-refractivity contribution < 1.29 is 0 Å². The molecule has 0 aliphatic rings. The molecule has 2 N–H and O–H groups in total. The van der Waals surface area contributed by atoms with Crippen LogP contribution in [0.4, 0.5) is 0 Å². The largest absolute Gasteiger partial charge is 0.333 e. The van der Waals surface area contributed by atoms with Gasteiger partial charge in [0.1, 0.15) is 0 Å². The third-order valence-electron chi connectivity index (χ3n) is 2.21. The van der Waals surface area contributed by atoms with Gasteiger partial charge in [0, 0.05) is 0 Å². The molecule has 2 heteroatoms. The maximum absolute atomic E-state index is 5.81. The molecule has 0 fully saturated rings. The van der Waals surface area contributed by atoms with E-state index in [0.29, 0.717) is 0 Å². The number of aryl methyl sites for hydroxylation is 1. The van der Waals surface area contributed by atoms with Crippen molar-refractivity contribution in [3.63, 3.8) is 0 Å². The van der Waals surface area contributed by atoms with Crippen LogP contribution in [0.1, 0.15) is 31.4 Å². The monoisotopic (exact) mass is 187 g/mol. The maximum atomic E-state index is 5.81. The minimum absolute atomic E-state index is 0.607. The first-order chi connectivity index (χ1) is 6.53. The van der Waals surface area contributed by atoms with Gasteiger partial charge in [-0.1, -0.05) is 44.5 Å².